The summed E-state index contributed by atoms with van der Waals surface area (Å²) in [4.78, 5) is 56.4. The summed E-state index contributed by atoms with van der Waals surface area (Å²) in [5.41, 5.74) is 1.53. The van der Waals surface area contributed by atoms with E-state index in [4.69, 9.17) is 16.3 Å². The molecule has 3 aromatic rings. The van der Waals surface area contributed by atoms with Crippen molar-refractivity contribution in [3.05, 3.63) is 99.6 Å². The Bertz CT molecular complexity index is 1430. The second kappa shape index (κ2) is 7.36. The molecule has 2 heterocycles. The van der Waals surface area contributed by atoms with E-state index >= 15 is 0 Å². The largest absolute Gasteiger partial charge is 0.393 e. The van der Waals surface area contributed by atoms with E-state index in [1.54, 1.807) is 47.4 Å². The zero-order chi connectivity index (χ0) is 24.6. The highest BCUT2D eigenvalue weighted by Crippen LogP contribution is 2.60. The number of fused-ring (bicyclic) bond motifs is 3. The lowest BCUT2D eigenvalue weighted by atomic mass is 9.76. The summed E-state index contributed by atoms with van der Waals surface area (Å²) in [5, 5.41) is 0.525. The van der Waals surface area contributed by atoms with Gasteiger partial charge in [-0.1, -0.05) is 65.7 Å². The Kier molecular flexibility index (Phi) is 4.57. The first-order chi connectivity index (χ1) is 16.8. The monoisotopic (exact) mass is 485 g/mol. The number of carbonyl (C=O) groups excluding carboxylic acids is 4. The van der Waals surface area contributed by atoms with Crippen LogP contribution in [0.5, 0.6) is 0 Å². The molecule has 1 aliphatic carbocycles. The van der Waals surface area contributed by atoms with Crippen molar-refractivity contribution in [3.8, 4) is 0 Å². The van der Waals surface area contributed by atoms with Gasteiger partial charge in [-0.25, -0.2) is 0 Å². The maximum absolute atomic E-state index is 14.2. The zero-order valence-electron chi connectivity index (χ0n) is 18.9. The van der Waals surface area contributed by atoms with E-state index in [0.29, 0.717) is 16.3 Å². The first-order valence-corrected chi connectivity index (χ1v) is 11.7. The summed E-state index contributed by atoms with van der Waals surface area (Å²) in [6, 6.07) is 18.5. The molecule has 0 amide bonds. The van der Waals surface area contributed by atoms with Gasteiger partial charge in [-0.2, -0.15) is 0 Å². The third kappa shape index (κ3) is 2.71. The molecule has 0 saturated carbocycles. The molecule has 0 radical (unpaired) electrons. The molecule has 0 aromatic heterocycles. The Hall–Kier alpha value is -3.77. The molecule has 2 aliphatic heterocycles. The number of hydrogen-bond acceptors (Lipinski definition) is 6. The number of ketones is 2. The van der Waals surface area contributed by atoms with Crippen LogP contribution in [0.3, 0.4) is 0 Å². The van der Waals surface area contributed by atoms with Gasteiger partial charge in [-0.15, -0.1) is 0 Å². The second-order valence-electron chi connectivity index (χ2n) is 9.37. The van der Waals surface area contributed by atoms with Gasteiger partial charge in [0.2, 0.25) is 0 Å². The predicted molar refractivity (Wildman–Crippen MR) is 129 cm³/mol. The van der Waals surface area contributed by atoms with Gasteiger partial charge in [-0.3, -0.25) is 19.2 Å². The van der Waals surface area contributed by atoms with Gasteiger partial charge in [0.15, 0.2) is 17.1 Å². The van der Waals surface area contributed by atoms with Crippen LogP contribution in [0.15, 0.2) is 66.7 Å². The van der Waals surface area contributed by atoms with E-state index in [1.165, 1.54) is 0 Å². The maximum Gasteiger partial charge on any atom is 0.320 e. The van der Waals surface area contributed by atoms with Crippen molar-refractivity contribution in [1.29, 1.82) is 0 Å². The Morgan fingerprint density at radius 3 is 2.06 bits per heavy atom. The van der Waals surface area contributed by atoms with Gasteiger partial charge >= 0.3 is 11.9 Å². The van der Waals surface area contributed by atoms with Crippen molar-refractivity contribution in [1.82, 2.24) is 0 Å². The van der Waals surface area contributed by atoms with E-state index in [-0.39, 0.29) is 11.1 Å². The van der Waals surface area contributed by atoms with Crippen LogP contribution in [-0.2, 0) is 14.3 Å². The molecule has 2 fully saturated rings. The Labute approximate surface area is 206 Å². The quantitative estimate of drug-likeness (QED) is 0.388. The molecule has 1 spiro atoms. The zero-order valence-corrected chi connectivity index (χ0v) is 19.7. The van der Waals surface area contributed by atoms with Crippen molar-refractivity contribution in [2.45, 2.75) is 25.4 Å². The molecule has 6 rings (SSSR count). The number of ether oxygens (including phenoxy) is 1. The minimum atomic E-state index is -1.94. The second-order valence-corrected chi connectivity index (χ2v) is 9.78. The third-order valence-corrected chi connectivity index (χ3v) is 7.91. The van der Waals surface area contributed by atoms with E-state index in [2.05, 4.69) is 0 Å². The van der Waals surface area contributed by atoms with E-state index in [1.807, 2.05) is 38.1 Å². The Morgan fingerprint density at radius 1 is 0.829 bits per heavy atom. The molecule has 6 nitrogen and oxygen atoms in total. The molecule has 3 atom stereocenters. The summed E-state index contributed by atoms with van der Waals surface area (Å²) in [7, 11) is 0. The van der Waals surface area contributed by atoms with Crippen molar-refractivity contribution < 1.29 is 23.9 Å². The van der Waals surface area contributed by atoms with Crippen LogP contribution in [-0.4, -0.2) is 29.0 Å². The molecule has 174 valence electrons. The topological polar surface area (TPSA) is 80.8 Å². The van der Waals surface area contributed by atoms with Gasteiger partial charge in [0.25, 0.3) is 0 Å². The third-order valence-electron chi connectivity index (χ3n) is 7.48. The fourth-order valence-electron chi connectivity index (χ4n) is 5.94. The minimum Gasteiger partial charge on any atom is -0.393 e. The van der Waals surface area contributed by atoms with Crippen LogP contribution < -0.4 is 4.90 Å². The summed E-state index contributed by atoms with van der Waals surface area (Å²) in [6.07, 6.45) is 0. The number of aryl methyl sites for hydroxylation is 2. The highest BCUT2D eigenvalue weighted by molar-refractivity contribution is 6.37. The number of Topliss-reactive ketones (excluding diaryl/α,β-unsaturated/α-hetero) is 2. The SMILES string of the molecule is Cc1ccc([C@@H]2[C@@H]3C(=O)OC(=O)[C@@H]3C3(C(=O)c4ccccc4C3=O)N2c2ccc(Cl)c(C)c2)cc1. The van der Waals surface area contributed by atoms with Crippen LogP contribution in [0.1, 0.15) is 43.4 Å². The summed E-state index contributed by atoms with van der Waals surface area (Å²) < 4.78 is 5.08. The normalized spacial score (nSPS) is 24.2. The molecule has 35 heavy (non-hydrogen) atoms. The molecule has 0 bridgehead atoms. The number of hydrogen-bond donors (Lipinski definition) is 0. The molecule has 0 N–H and O–H groups in total. The number of carbonyl (C=O) groups is 4. The summed E-state index contributed by atoms with van der Waals surface area (Å²) in [5.74, 6) is -4.87. The standard InChI is InChI=1S/C28H20ClNO5/c1-14-7-9-16(10-8-14)23-21-22(27(34)35-26(21)33)28(30(23)17-11-12-20(29)15(2)13-17)24(31)18-5-3-4-6-19(18)25(28)32/h3-13,21-23H,1-2H3/t21-,22-,23-/m1/s1. The molecular formula is C28H20ClNO5. The van der Waals surface area contributed by atoms with Crippen molar-refractivity contribution >= 4 is 40.8 Å². The average molecular weight is 486 g/mol. The fraction of sp³-hybridized carbons (Fsp3) is 0.214. The average Bonchev–Trinajstić information content (AvgIpc) is 3.40. The number of anilines is 1. The van der Waals surface area contributed by atoms with Gasteiger partial charge in [0.1, 0.15) is 5.92 Å². The van der Waals surface area contributed by atoms with Crippen LogP contribution in [0.4, 0.5) is 5.69 Å². The van der Waals surface area contributed by atoms with Crippen LogP contribution in [0.25, 0.3) is 0 Å². The predicted octanol–water partition coefficient (Wildman–Crippen LogP) is 4.65. The fourth-order valence-corrected chi connectivity index (χ4v) is 6.06. The molecular weight excluding hydrogens is 466 g/mol. The number of halogens is 1. The first kappa shape index (κ1) is 21.7. The minimum absolute atomic E-state index is 0.239. The molecule has 3 aliphatic rings. The molecule has 7 heteroatoms. The lowest BCUT2D eigenvalue weighted by molar-refractivity contribution is -0.154. The summed E-state index contributed by atoms with van der Waals surface area (Å²) >= 11 is 6.30. The highest BCUT2D eigenvalue weighted by atomic mass is 35.5. The van der Waals surface area contributed by atoms with E-state index in [0.717, 1.165) is 11.1 Å². The summed E-state index contributed by atoms with van der Waals surface area (Å²) in [6.45, 7) is 3.76. The maximum atomic E-state index is 14.2. The number of benzene rings is 3. The smallest absolute Gasteiger partial charge is 0.320 e. The molecule has 2 saturated heterocycles. The lowest BCUT2D eigenvalue weighted by Gasteiger charge is -2.40. The van der Waals surface area contributed by atoms with Crippen LogP contribution in [0, 0.1) is 25.7 Å². The Morgan fingerprint density at radius 2 is 1.46 bits per heavy atom. The molecule has 0 unspecified atom stereocenters. The lowest BCUT2D eigenvalue weighted by Crippen LogP contribution is -2.59. The van der Waals surface area contributed by atoms with Crippen molar-refractivity contribution in [3.63, 3.8) is 0 Å². The first-order valence-electron chi connectivity index (χ1n) is 11.3. The van der Waals surface area contributed by atoms with Gasteiger partial charge in [-0.05, 0) is 43.2 Å². The number of esters is 2. The number of rotatable bonds is 2. The van der Waals surface area contributed by atoms with Crippen molar-refractivity contribution in [2.75, 3.05) is 4.90 Å². The number of nitrogens with zero attached hydrogens (tertiary/aromatic N) is 1. The Balaban J connectivity index is 1.69. The van der Waals surface area contributed by atoms with Crippen LogP contribution in [0.2, 0.25) is 5.02 Å². The molecule has 3 aromatic carbocycles. The van der Waals surface area contributed by atoms with E-state index < -0.39 is 46.9 Å². The van der Waals surface area contributed by atoms with Gasteiger partial charge in [0, 0.05) is 21.8 Å². The van der Waals surface area contributed by atoms with Crippen LogP contribution >= 0.6 is 11.6 Å². The highest BCUT2D eigenvalue weighted by Gasteiger charge is 2.76. The van der Waals surface area contributed by atoms with Crippen molar-refractivity contribution in [2.24, 2.45) is 11.8 Å². The number of cyclic esters (lactones) is 2. The van der Waals surface area contributed by atoms with Gasteiger partial charge < -0.3 is 9.64 Å². The van der Waals surface area contributed by atoms with Gasteiger partial charge in [0.05, 0.1) is 12.0 Å². The van der Waals surface area contributed by atoms with E-state index in [9.17, 15) is 19.2 Å².